The van der Waals surface area contributed by atoms with Crippen molar-refractivity contribution in [2.24, 2.45) is 0 Å². The van der Waals surface area contributed by atoms with Crippen LogP contribution in [0.4, 0.5) is 0 Å². The van der Waals surface area contributed by atoms with Gasteiger partial charge in [0.1, 0.15) is 0 Å². The number of benzene rings is 2. The molecule has 0 amide bonds. The third kappa shape index (κ3) is 3.31. The van der Waals surface area contributed by atoms with Crippen molar-refractivity contribution in [3.63, 3.8) is 0 Å². The van der Waals surface area contributed by atoms with E-state index in [2.05, 4.69) is 106 Å². The van der Waals surface area contributed by atoms with Crippen molar-refractivity contribution in [2.45, 2.75) is 0 Å². The van der Waals surface area contributed by atoms with E-state index in [9.17, 15) is 0 Å². The number of hydrogen-bond donors (Lipinski definition) is 0. The van der Waals surface area contributed by atoms with Crippen LogP contribution >= 0.6 is 45.2 Å². The van der Waals surface area contributed by atoms with Crippen molar-refractivity contribution in [1.29, 1.82) is 0 Å². The normalized spacial score (nSPS) is 10.9. The molecule has 0 unspecified atom stereocenters. The molecule has 16 heavy (non-hydrogen) atoms. The molecule has 2 aromatic carbocycles. The van der Waals surface area contributed by atoms with Crippen LogP contribution in [0.3, 0.4) is 0 Å². The Labute approximate surface area is 123 Å². The van der Waals surface area contributed by atoms with Crippen LogP contribution in [0.1, 0.15) is 11.1 Å². The van der Waals surface area contributed by atoms with Crippen molar-refractivity contribution in [3.05, 3.63) is 66.8 Å². The fourth-order valence-corrected chi connectivity index (χ4v) is 2.30. The van der Waals surface area contributed by atoms with Gasteiger partial charge in [0.15, 0.2) is 0 Å². The summed E-state index contributed by atoms with van der Waals surface area (Å²) in [5, 5.41) is 0. The minimum Gasteiger partial charge on any atom is -0.0616 e. The first-order valence-electron chi connectivity index (χ1n) is 4.94. The van der Waals surface area contributed by atoms with E-state index in [0.717, 1.165) is 0 Å². The molecular weight excluding hydrogens is 422 g/mol. The lowest BCUT2D eigenvalue weighted by molar-refractivity contribution is 1.59. The van der Waals surface area contributed by atoms with Gasteiger partial charge in [0.25, 0.3) is 0 Å². The largest absolute Gasteiger partial charge is 0.0616 e. The van der Waals surface area contributed by atoms with Gasteiger partial charge in [-0.05, 0) is 74.5 Å². The van der Waals surface area contributed by atoms with Crippen molar-refractivity contribution < 1.29 is 0 Å². The summed E-state index contributed by atoms with van der Waals surface area (Å²) >= 11 is 4.67. The van der Waals surface area contributed by atoms with Crippen molar-refractivity contribution in [3.8, 4) is 0 Å². The fraction of sp³-hybridized carbons (Fsp3) is 0. The van der Waals surface area contributed by atoms with Gasteiger partial charge < -0.3 is 0 Å². The second kappa shape index (κ2) is 5.82. The van der Waals surface area contributed by atoms with Gasteiger partial charge in [-0.2, -0.15) is 0 Å². The van der Waals surface area contributed by atoms with Gasteiger partial charge in [-0.25, -0.2) is 0 Å². The summed E-state index contributed by atoms with van der Waals surface area (Å²) in [6.07, 6.45) is 4.30. The standard InChI is InChI=1S/C14H10I2/c15-13-9-6-11(7-10-13)5-8-12-3-1-2-4-14(12)16/h1-10H. The van der Waals surface area contributed by atoms with Gasteiger partial charge in [0.2, 0.25) is 0 Å². The zero-order valence-electron chi connectivity index (χ0n) is 8.53. The second-order valence-electron chi connectivity index (χ2n) is 3.41. The van der Waals surface area contributed by atoms with E-state index in [-0.39, 0.29) is 0 Å². The highest BCUT2D eigenvalue weighted by molar-refractivity contribution is 14.1. The molecule has 2 heteroatoms. The average molecular weight is 432 g/mol. The molecule has 0 heterocycles. The molecule has 0 aliphatic rings. The zero-order valence-corrected chi connectivity index (χ0v) is 12.8. The van der Waals surface area contributed by atoms with Gasteiger partial charge in [0, 0.05) is 7.14 Å². The molecule has 80 valence electrons. The van der Waals surface area contributed by atoms with E-state index in [1.807, 2.05) is 0 Å². The maximum absolute atomic E-state index is 2.36. The van der Waals surface area contributed by atoms with Crippen LogP contribution in [0.2, 0.25) is 0 Å². The summed E-state index contributed by atoms with van der Waals surface area (Å²) in [6.45, 7) is 0. The van der Waals surface area contributed by atoms with Crippen LogP contribution in [0.15, 0.2) is 48.5 Å². The van der Waals surface area contributed by atoms with Crippen LogP contribution < -0.4 is 0 Å². The van der Waals surface area contributed by atoms with E-state index < -0.39 is 0 Å². The Morgan fingerprint density at radius 3 is 2.12 bits per heavy atom. The summed E-state index contributed by atoms with van der Waals surface area (Å²) in [5.41, 5.74) is 2.50. The number of rotatable bonds is 2. The maximum atomic E-state index is 2.36. The molecule has 0 aliphatic carbocycles. The number of hydrogen-bond acceptors (Lipinski definition) is 0. The molecule has 0 saturated carbocycles. The molecule has 2 aromatic rings. The molecule has 0 nitrogen and oxygen atoms in total. The van der Waals surface area contributed by atoms with Crippen LogP contribution in [-0.4, -0.2) is 0 Å². The summed E-state index contributed by atoms with van der Waals surface area (Å²) in [6, 6.07) is 16.9. The third-order valence-corrected chi connectivity index (χ3v) is 3.93. The van der Waals surface area contributed by atoms with E-state index >= 15 is 0 Å². The Hall–Kier alpha value is -0.360. The van der Waals surface area contributed by atoms with E-state index in [4.69, 9.17) is 0 Å². The molecule has 0 radical (unpaired) electrons. The molecular formula is C14H10I2. The average Bonchev–Trinajstić information content (AvgIpc) is 2.30. The van der Waals surface area contributed by atoms with Crippen LogP contribution in [0.25, 0.3) is 12.2 Å². The first kappa shape index (κ1) is 12.1. The lowest BCUT2D eigenvalue weighted by Crippen LogP contribution is -1.78. The van der Waals surface area contributed by atoms with E-state index in [1.54, 1.807) is 0 Å². The third-order valence-electron chi connectivity index (χ3n) is 2.23. The van der Waals surface area contributed by atoms with Crippen LogP contribution in [0.5, 0.6) is 0 Å². The zero-order chi connectivity index (χ0) is 11.4. The highest BCUT2D eigenvalue weighted by Crippen LogP contribution is 2.15. The van der Waals surface area contributed by atoms with Gasteiger partial charge in [-0.3, -0.25) is 0 Å². The quantitative estimate of drug-likeness (QED) is 0.460. The fourth-order valence-electron chi connectivity index (χ4n) is 1.37. The Morgan fingerprint density at radius 2 is 1.44 bits per heavy atom. The molecule has 0 saturated heterocycles. The molecule has 0 spiro atoms. The Kier molecular flexibility index (Phi) is 4.40. The van der Waals surface area contributed by atoms with Gasteiger partial charge in [-0.1, -0.05) is 42.5 Å². The minimum atomic E-state index is 1.24. The monoisotopic (exact) mass is 432 g/mol. The van der Waals surface area contributed by atoms with Crippen molar-refractivity contribution in [2.75, 3.05) is 0 Å². The molecule has 0 aliphatic heterocycles. The van der Waals surface area contributed by atoms with Crippen molar-refractivity contribution >= 4 is 57.3 Å². The molecule has 0 atom stereocenters. The highest BCUT2D eigenvalue weighted by atomic mass is 127. The Bertz CT molecular complexity index is 498. The van der Waals surface area contributed by atoms with Gasteiger partial charge in [-0.15, -0.1) is 0 Å². The Morgan fingerprint density at radius 1 is 0.750 bits per heavy atom. The molecule has 0 N–H and O–H groups in total. The molecule has 2 rings (SSSR count). The summed E-state index contributed by atoms with van der Waals surface area (Å²) in [4.78, 5) is 0. The minimum absolute atomic E-state index is 1.24. The first-order chi connectivity index (χ1) is 7.75. The van der Waals surface area contributed by atoms with Gasteiger partial charge in [0.05, 0.1) is 0 Å². The van der Waals surface area contributed by atoms with Crippen LogP contribution in [-0.2, 0) is 0 Å². The first-order valence-corrected chi connectivity index (χ1v) is 7.09. The SMILES string of the molecule is Ic1ccc(C=Cc2ccccc2I)cc1. The molecule has 0 aromatic heterocycles. The Balaban J connectivity index is 2.21. The smallest absolute Gasteiger partial charge is 0.0202 e. The molecule has 0 bridgehead atoms. The van der Waals surface area contributed by atoms with E-state index in [0.29, 0.717) is 0 Å². The molecule has 0 fully saturated rings. The van der Waals surface area contributed by atoms with Gasteiger partial charge >= 0.3 is 0 Å². The van der Waals surface area contributed by atoms with Crippen molar-refractivity contribution in [1.82, 2.24) is 0 Å². The van der Waals surface area contributed by atoms with E-state index in [1.165, 1.54) is 18.3 Å². The number of halogens is 2. The highest BCUT2D eigenvalue weighted by Gasteiger charge is 1.93. The summed E-state index contributed by atoms with van der Waals surface area (Å²) in [7, 11) is 0. The summed E-state index contributed by atoms with van der Waals surface area (Å²) in [5.74, 6) is 0. The summed E-state index contributed by atoms with van der Waals surface area (Å²) < 4.78 is 2.55. The van der Waals surface area contributed by atoms with Crippen LogP contribution in [0, 0.1) is 7.14 Å². The predicted octanol–water partition coefficient (Wildman–Crippen LogP) is 5.07. The predicted molar refractivity (Wildman–Crippen MR) is 87.2 cm³/mol. The second-order valence-corrected chi connectivity index (χ2v) is 5.81. The lowest BCUT2D eigenvalue weighted by atomic mass is 10.1. The lowest BCUT2D eigenvalue weighted by Gasteiger charge is -1.97. The topological polar surface area (TPSA) is 0 Å². The maximum Gasteiger partial charge on any atom is 0.0202 e.